The van der Waals surface area contributed by atoms with Gasteiger partial charge in [0, 0.05) is 6.54 Å². The van der Waals surface area contributed by atoms with Crippen LogP contribution in [0.1, 0.15) is 0 Å². The molecule has 1 aliphatic heterocycles. The molecular weight excluding hydrogens is 491 g/mol. The van der Waals surface area contributed by atoms with E-state index in [0.717, 1.165) is 17.4 Å². The average Bonchev–Trinajstić information content (AvgIpc) is 2.97. The molecular formula is C32H27NO2SSi. The summed E-state index contributed by atoms with van der Waals surface area (Å²) >= 11 is 0. The van der Waals surface area contributed by atoms with Crippen molar-refractivity contribution < 1.29 is 8.42 Å². The van der Waals surface area contributed by atoms with Crippen LogP contribution in [-0.4, -0.2) is 23.0 Å². The fourth-order valence-electron chi connectivity index (χ4n) is 5.68. The molecule has 0 fully saturated rings. The molecule has 182 valence electrons. The van der Waals surface area contributed by atoms with E-state index >= 15 is 0 Å². The Morgan fingerprint density at radius 3 is 1.24 bits per heavy atom. The van der Waals surface area contributed by atoms with Crippen molar-refractivity contribution in [1.29, 1.82) is 0 Å². The lowest BCUT2D eigenvalue weighted by Gasteiger charge is -2.38. The Hall–Kier alpha value is -3.93. The van der Waals surface area contributed by atoms with Crippen molar-refractivity contribution in [3.8, 4) is 0 Å². The molecule has 37 heavy (non-hydrogen) atoms. The Morgan fingerprint density at radius 2 is 0.838 bits per heavy atom. The van der Waals surface area contributed by atoms with Gasteiger partial charge in [-0.2, -0.15) is 0 Å². The highest BCUT2D eigenvalue weighted by Crippen LogP contribution is 2.44. The van der Waals surface area contributed by atoms with Crippen molar-refractivity contribution >= 4 is 44.8 Å². The minimum absolute atomic E-state index is 0.375. The molecule has 0 unspecified atom stereocenters. The third-order valence-corrected chi connectivity index (χ3v) is 14.2. The van der Waals surface area contributed by atoms with Crippen LogP contribution in [0, 0.1) is 0 Å². The molecule has 0 aliphatic carbocycles. The quantitative estimate of drug-likeness (QED) is 0.231. The lowest BCUT2D eigenvalue weighted by atomic mass is 10.2. The van der Waals surface area contributed by atoms with Gasteiger partial charge in [-0.1, -0.05) is 115 Å². The van der Waals surface area contributed by atoms with Crippen LogP contribution >= 0.6 is 0 Å². The van der Waals surface area contributed by atoms with Gasteiger partial charge in [0.1, 0.15) is 8.07 Å². The largest absolute Gasteiger partial charge is 0.340 e. The van der Waals surface area contributed by atoms with Gasteiger partial charge in [-0.15, -0.1) is 0 Å². The zero-order valence-corrected chi connectivity index (χ0v) is 22.2. The number of benzene rings is 5. The van der Waals surface area contributed by atoms with Crippen LogP contribution in [0.25, 0.3) is 0 Å². The van der Waals surface area contributed by atoms with Crippen LogP contribution in [0.3, 0.4) is 0 Å². The molecule has 6 rings (SSSR count). The normalized spacial score (nSPS) is 14.0. The van der Waals surface area contributed by atoms with Crippen LogP contribution in [0.5, 0.6) is 0 Å². The van der Waals surface area contributed by atoms with E-state index in [0.29, 0.717) is 16.3 Å². The first-order chi connectivity index (χ1) is 18.1. The molecule has 3 nitrogen and oxygen atoms in total. The number of fused-ring (bicyclic) bond motifs is 2. The fourth-order valence-corrected chi connectivity index (χ4v) is 12.1. The van der Waals surface area contributed by atoms with Crippen molar-refractivity contribution in [2.45, 2.75) is 15.8 Å². The molecule has 5 aromatic carbocycles. The van der Waals surface area contributed by atoms with E-state index < -0.39 is 17.9 Å². The Labute approximate surface area is 219 Å². The molecule has 0 amide bonds. The van der Waals surface area contributed by atoms with Gasteiger partial charge in [0.15, 0.2) is 0 Å². The summed E-state index contributed by atoms with van der Waals surface area (Å²) in [5.74, 6) is 0. The Morgan fingerprint density at radius 1 is 0.486 bits per heavy atom. The summed E-state index contributed by atoms with van der Waals surface area (Å²) in [5, 5.41) is 4.04. The number of para-hydroxylation sites is 2. The maximum atomic E-state index is 13.5. The number of hydrogen-bond donors (Lipinski definition) is 0. The summed E-state index contributed by atoms with van der Waals surface area (Å²) in [6.07, 6.45) is 0. The second-order valence-corrected chi connectivity index (χ2v) is 15.3. The van der Waals surface area contributed by atoms with Crippen molar-refractivity contribution in [3.05, 3.63) is 140 Å². The third-order valence-electron chi connectivity index (χ3n) is 7.40. The maximum absolute atomic E-state index is 13.5. The SMILES string of the molecule is O=S1(=O)c2ccccc2N(CC[Si](c2ccccc2)(c2ccccc2)c2ccccc2)c2ccccc21. The van der Waals surface area contributed by atoms with Gasteiger partial charge in [0.25, 0.3) is 0 Å². The van der Waals surface area contributed by atoms with Gasteiger partial charge >= 0.3 is 0 Å². The molecule has 1 aliphatic rings. The first-order valence-electron chi connectivity index (χ1n) is 12.5. The standard InChI is InChI=1S/C32H27NO2SSi/c34-36(35)31-22-12-10-20-29(31)33(30-21-11-13-23-32(30)36)24-25-37(26-14-4-1-5-15-26,27-16-6-2-7-17-27)28-18-8-3-9-19-28/h1-23H,24-25H2. The molecule has 0 radical (unpaired) electrons. The van der Waals surface area contributed by atoms with Gasteiger partial charge in [-0.25, -0.2) is 8.42 Å². The predicted molar refractivity (Wildman–Crippen MR) is 154 cm³/mol. The van der Waals surface area contributed by atoms with E-state index in [2.05, 4.69) is 95.9 Å². The smallest absolute Gasteiger partial charge is 0.210 e. The van der Waals surface area contributed by atoms with Crippen LogP contribution < -0.4 is 20.5 Å². The zero-order chi connectivity index (χ0) is 25.3. The van der Waals surface area contributed by atoms with E-state index in [9.17, 15) is 8.42 Å². The first kappa shape index (κ1) is 23.5. The van der Waals surface area contributed by atoms with Crippen molar-refractivity contribution in [2.75, 3.05) is 11.4 Å². The lowest BCUT2D eigenvalue weighted by molar-refractivity contribution is 0.594. The molecule has 0 spiro atoms. The van der Waals surface area contributed by atoms with Gasteiger partial charge in [0.05, 0.1) is 21.2 Å². The molecule has 1 heterocycles. The Kier molecular flexibility index (Phi) is 6.03. The molecule has 0 saturated carbocycles. The first-order valence-corrected chi connectivity index (χ1v) is 16.2. The van der Waals surface area contributed by atoms with Gasteiger partial charge in [-0.05, 0) is 45.9 Å². The molecule has 0 saturated heterocycles. The molecule has 0 bridgehead atoms. The maximum Gasteiger partial charge on any atom is 0.210 e. The van der Waals surface area contributed by atoms with Crippen molar-refractivity contribution in [3.63, 3.8) is 0 Å². The van der Waals surface area contributed by atoms with Crippen LogP contribution in [-0.2, 0) is 9.84 Å². The van der Waals surface area contributed by atoms with E-state index in [1.54, 1.807) is 24.3 Å². The van der Waals surface area contributed by atoms with E-state index in [1.807, 2.05) is 24.3 Å². The summed E-state index contributed by atoms with van der Waals surface area (Å²) in [7, 11) is -6.05. The van der Waals surface area contributed by atoms with E-state index in [1.165, 1.54) is 15.6 Å². The van der Waals surface area contributed by atoms with Gasteiger partial charge in [0.2, 0.25) is 9.84 Å². The molecule has 5 heteroatoms. The van der Waals surface area contributed by atoms with Crippen LogP contribution in [0.2, 0.25) is 6.04 Å². The van der Waals surface area contributed by atoms with Crippen molar-refractivity contribution in [2.24, 2.45) is 0 Å². The summed E-state index contributed by atoms with van der Waals surface area (Å²) in [4.78, 5) is 2.96. The number of anilines is 2. The topological polar surface area (TPSA) is 37.4 Å². The Bertz CT molecular complexity index is 1490. The van der Waals surface area contributed by atoms with E-state index in [4.69, 9.17) is 0 Å². The predicted octanol–water partition coefficient (Wildman–Crippen LogP) is 5.14. The zero-order valence-electron chi connectivity index (χ0n) is 20.4. The molecule has 0 atom stereocenters. The fraction of sp³-hybridized carbons (Fsp3) is 0.0625. The molecule has 0 N–H and O–H groups in total. The Balaban J connectivity index is 1.54. The minimum atomic E-state index is -3.57. The average molecular weight is 518 g/mol. The summed E-state index contributed by atoms with van der Waals surface area (Å²) in [5.41, 5.74) is 1.50. The highest BCUT2D eigenvalue weighted by Gasteiger charge is 2.41. The highest BCUT2D eigenvalue weighted by molar-refractivity contribution is 7.92. The number of nitrogens with zero attached hydrogens (tertiary/aromatic N) is 1. The van der Waals surface area contributed by atoms with E-state index in [-0.39, 0.29) is 0 Å². The van der Waals surface area contributed by atoms with Crippen LogP contribution in [0.15, 0.2) is 149 Å². The third kappa shape index (κ3) is 3.91. The minimum Gasteiger partial charge on any atom is -0.340 e. The van der Waals surface area contributed by atoms with Crippen LogP contribution in [0.4, 0.5) is 11.4 Å². The second-order valence-electron chi connectivity index (χ2n) is 9.34. The summed E-state index contributed by atoms with van der Waals surface area (Å²) < 4.78 is 27.0. The monoisotopic (exact) mass is 517 g/mol. The second kappa shape index (κ2) is 9.50. The molecule has 0 aromatic heterocycles. The summed E-state index contributed by atoms with van der Waals surface area (Å²) in [6, 6.07) is 48.2. The van der Waals surface area contributed by atoms with Crippen molar-refractivity contribution in [1.82, 2.24) is 0 Å². The van der Waals surface area contributed by atoms with Gasteiger partial charge in [-0.3, -0.25) is 0 Å². The van der Waals surface area contributed by atoms with Gasteiger partial charge < -0.3 is 4.90 Å². The summed E-state index contributed by atoms with van der Waals surface area (Å²) in [6.45, 7) is 0.689. The number of sulfone groups is 1. The number of hydrogen-bond acceptors (Lipinski definition) is 3. The highest BCUT2D eigenvalue weighted by atomic mass is 32.2. The number of rotatable bonds is 6. The molecule has 5 aromatic rings. The lowest BCUT2D eigenvalue weighted by Crippen LogP contribution is -2.67.